The summed E-state index contributed by atoms with van der Waals surface area (Å²) in [5, 5.41) is 4.53. The molecule has 2 aromatic carbocycles. The molecular weight excluding hydrogens is 310 g/mol. The Hall–Kier alpha value is -2.26. The molecular formula is C19H18ClNO2. The standard InChI is InChI=1S/C19H18ClNO2/c1-13-9-18-16(11-17(13)20)15(12-23-18)10-19(22)21-8-7-14-5-3-2-4-6-14/h2-6,9,11-12H,7-8,10H2,1H3,(H,21,22). The van der Waals surface area contributed by atoms with Crippen molar-refractivity contribution in [1.29, 1.82) is 0 Å². The maximum absolute atomic E-state index is 12.1. The van der Waals surface area contributed by atoms with Gasteiger partial charge in [-0.15, -0.1) is 0 Å². The molecule has 3 nitrogen and oxygen atoms in total. The third-order valence-corrected chi connectivity index (χ3v) is 4.27. The summed E-state index contributed by atoms with van der Waals surface area (Å²) in [5.41, 5.74) is 3.80. The highest BCUT2D eigenvalue weighted by molar-refractivity contribution is 6.32. The lowest BCUT2D eigenvalue weighted by Gasteiger charge is -2.05. The molecule has 0 unspecified atom stereocenters. The largest absolute Gasteiger partial charge is 0.464 e. The van der Waals surface area contributed by atoms with E-state index in [0.717, 1.165) is 28.5 Å². The Morgan fingerprint density at radius 3 is 2.78 bits per heavy atom. The Morgan fingerprint density at radius 1 is 1.22 bits per heavy atom. The Labute approximate surface area is 140 Å². The van der Waals surface area contributed by atoms with Gasteiger partial charge in [-0.1, -0.05) is 41.9 Å². The molecule has 0 aliphatic heterocycles. The first-order chi connectivity index (χ1) is 11.1. The highest BCUT2D eigenvalue weighted by atomic mass is 35.5. The van der Waals surface area contributed by atoms with Crippen molar-refractivity contribution in [1.82, 2.24) is 5.32 Å². The monoisotopic (exact) mass is 327 g/mol. The van der Waals surface area contributed by atoms with Gasteiger partial charge in [-0.05, 0) is 36.6 Å². The molecule has 118 valence electrons. The topological polar surface area (TPSA) is 42.2 Å². The molecule has 23 heavy (non-hydrogen) atoms. The van der Waals surface area contributed by atoms with Crippen molar-refractivity contribution in [3.8, 4) is 0 Å². The van der Waals surface area contributed by atoms with Gasteiger partial charge in [-0.3, -0.25) is 4.79 Å². The molecule has 0 aliphatic rings. The zero-order valence-corrected chi connectivity index (χ0v) is 13.7. The van der Waals surface area contributed by atoms with Crippen molar-refractivity contribution in [3.05, 3.63) is 70.4 Å². The second-order valence-electron chi connectivity index (χ2n) is 5.62. The molecule has 1 heterocycles. The number of nitrogens with one attached hydrogen (secondary N) is 1. The minimum atomic E-state index is -0.0136. The van der Waals surface area contributed by atoms with Gasteiger partial charge in [0.25, 0.3) is 0 Å². The molecule has 0 aliphatic carbocycles. The van der Waals surface area contributed by atoms with Gasteiger partial charge in [0.1, 0.15) is 5.58 Å². The number of halogens is 1. The molecule has 3 aromatic rings. The summed E-state index contributed by atoms with van der Waals surface area (Å²) in [6.07, 6.45) is 2.75. The van der Waals surface area contributed by atoms with E-state index in [1.807, 2.05) is 37.3 Å². The number of rotatable bonds is 5. The van der Waals surface area contributed by atoms with E-state index in [-0.39, 0.29) is 5.91 Å². The quantitative estimate of drug-likeness (QED) is 0.759. The summed E-state index contributed by atoms with van der Waals surface area (Å²) < 4.78 is 5.52. The zero-order valence-electron chi connectivity index (χ0n) is 12.9. The second-order valence-corrected chi connectivity index (χ2v) is 6.03. The van der Waals surface area contributed by atoms with Crippen LogP contribution in [0.2, 0.25) is 5.02 Å². The summed E-state index contributed by atoms with van der Waals surface area (Å²) in [6, 6.07) is 13.9. The van der Waals surface area contributed by atoms with Crippen LogP contribution in [0.25, 0.3) is 11.0 Å². The predicted octanol–water partition coefficient (Wildman–Crippen LogP) is 4.30. The van der Waals surface area contributed by atoms with E-state index in [1.165, 1.54) is 5.56 Å². The van der Waals surface area contributed by atoms with E-state index in [4.69, 9.17) is 16.0 Å². The number of furan rings is 1. The first-order valence-corrected chi connectivity index (χ1v) is 7.98. The molecule has 0 radical (unpaired) electrons. The summed E-state index contributed by atoms with van der Waals surface area (Å²) in [7, 11) is 0. The normalized spacial score (nSPS) is 10.9. The SMILES string of the molecule is Cc1cc2occ(CC(=O)NCCc3ccccc3)c2cc1Cl. The summed E-state index contributed by atoms with van der Waals surface area (Å²) in [5.74, 6) is -0.0136. The lowest BCUT2D eigenvalue weighted by Crippen LogP contribution is -2.27. The molecule has 0 atom stereocenters. The lowest BCUT2D eigenvalue weighted by atomic mass is 10.1. The molecule has 0 bridgehead atoms. The number of hydrogen-bond acceptors (Lipinski definition) is 2. The number of carbonyl (C=O) groups is 1. The molecule has 0 fully saturated rings. The van der Waals surface area contributed by atoms with Crippen LogP contribution in [0.4, 0.5) is 0 Å². The number of hydrogen-bond donors (Lipinski definition) is 1. The van der Waals surface area contributed by atoms with Crippen LogP contribution >= 0.6 is 11.6 Å². The van der Waals surface area contributed by atoms with Crippen LogP contribution in [0.15, 0.2) is 53.1 Å². The molecule has 3 rings (SSSR count). The van der Waals surface area contributed by atoms with Crippen molar-refractivity contribution in [2.75, 3.05) is 6.54 Å². The summed E-state index contributed by atoms with van der Waals surface area (Å²) >= 11 is 6.16. The highest BCUT2D eigenvalue weighted by Crippen LogP contribution is 2.27. The fraction of sp³-hybridized carbons (Fsp3) is 0.211. The average molecular weight is 328 g/mol. The van der Waals surface area contributed by atoms with E-state index in [1.54, 1.807) is 6.26 Å². The molecule has 1 aromatic heterocycles. The van der Waals surface area contributed by atoms with E-state index in [9.17, 15) is 4.79 Å². The van der Waals surface area contributed by atoms with Gasteiger partial charge in [0.05, 0.1) is 12.7 Å². The van der Waals surface area contributed by atoms with Gasteiger partial charge >= 0.3 is 0 Å². The van der Waals surface area contributed by atoms with E-state index >= 15 is 0 Å². The van der Waals surface area contributed by atoms with Gasteiger partial charge in [-0.2, -0.15) is 0 Å². The van der Waals surface area contributed by atoms with Crippen LogP contribution in [0.3, 0.4) is 0 Å². The Balaban J connectivity index is 1.61. The molecule has 4 heteroatoms. The van der Waals surface area contributed by atoms with Crippen molar-refractivity contribution < 1.29 is 9.21 Å². The number of aryl methyl sites for hydroxylation is 1. The first-order valence-electron chi connectivity index (χ1n) is 7.60. The van der Waals surface area contributed by atoms with Crippen LogP contribution in [0, 0.1) is 6.92 Å². The summed E-state index contributed by atoms with van der Waals surface area (Å²) in [4.78, 5) is 12.1. The van der Waals surface area contributed by atoms with Gasteiger partial charge in [0, 0.05) is 22.5 Å². The fourth-order valence-electron chi connectivity index (χ4n) is 2.56. The van der Waals surface area contributed by atoms with Gasteiger partial charge < -0.3 is 9.73 Å². The highest BCUT2D eigenvalue weighted by Gasteiger charge is 2.12. The van der Waals surface area contributed by atoms with E-state index in [2.05, 4.69) is 17.4 Å². The van der Waals surface area contributed by atoms with Crippen LogP contribution in [-0.2, 0) is 17.6 Å². The fourth-order valence-corrected chi connectivity index (χ4v) is 2.73. The number of amides is 1. The van der Waals surface area contributed by atoms with Crippen LogP contribution in [0.5, 0.6) is 0 Å². The van der Waals surface area contributed by atoms with Crippen molar-refractivity contribution in [2.45, 2.75) is 19.8 Å². The van der Waals surface area contributed by atoms with Crippen molar-refractivity contribution in [3.63, 3.8) is 0 Å². The Kier molecular flexibility index (Phi) is 4.68. The first kappa shape index (κ1) is 15.6. The van der Waals surface area contributed by atoms with E-state index in [0.29, 0.717) is 18.0 Å². The predicted molar refractivity (Wildman–Crippen MR) is 92.8 cm³/mol. The smallest absolute Gasteiger partial charge is 0.224 e. The van der Waals surface area contributed by atoms with Crippen molar-refractivity contribution in [2.24, 2.45) is 0 Å². The lowest BCUT2D eigenvalue weighted by molar-refractivity contribution is -0.120. The van der Waals surface area contributed by atoms with Crippen LogP contribution < -0.4 is 5.32 Å². The van der Waals surface area contributed by atoms with Crippen LogP contribution in [0.1, 0.15) is 16.7 Å². The third-order valence-electron chi connectivity index (χ3n) is 3.86. The van der Waals surface area contributed by atoms with E-state index < -0.39 is 0 Å². The molecule has 1 N–H and O–H groups in total. The molecule has 0 saturated carbocycles. The third kappa shape index (κ3) is 3.74. The molecule has 1 amide bonds. The average Bonchev–Trinajstić information content (AvgIpc) is 2.91. The Morgan fingerprint density at radius 2 is 2.00 bits per heavy atom. The van der Waals surface area contributed by atoms with Crippen LogP contribution in [-0.4, -0.2) is 12.5 Å². The Bertz CT molecular complexity index is 824. The maximum atomic E-state index is 12.1. The maximum Gasteiger partial charge on any atom is 0.224 e. The number of benzene rings is 2. The minimum Gasteiger partial charge on any atom is -0.464 e. The zero-order chi connectivity index (χ0) is 16.2. The summed E-state index contributed by atoms with van der Waals surface area (Å²) in [6.45, 7) is 2.55. The number of fused-ring (bicyclic) bond motifs is 1. The number of carbonyl (C=O) groups excluding carboxylic acids is 1. The van der Waals surface area contributed by atoms with Gasteiger partial charge in [-0.25, -0.2) is 0 Å². The van der Waals surface area contributed by atoms with Gasteiger partial charge in [0.2, 0.25) is 5.91 Å². The molecule has 0 saturated heterocycles. The molecule has 0 spiro atoms. The second kappa shape index (κ2) is 6.88. The van der Waals surface area contributed by atoms with Gasteiger partial charge in [0.15, 0.2) is 0 Å². The minimum absolute atomic E-state index is 0.0136. The van der Waals surface area contributed by atoms with Crippen molar-refractivity contribution >= 4 is 28.5 Å².